The van der Waals surface area contributed by atoms with Gasteiger partial charge in [-0.2, -0.15) is 0 Å². The Balaban J connectivity index is 1.73. The number of aliphatic hydroxyl groups is 1. The molecule has 1 N–H and O–H groups in total. The number of nitrogens with zero attached hydrogens (tertiary/aromatic N) is 2. The molecule has 0 fully saturated rings. The first-order valence-corrected chi connectivity index (χ1v) is 9.70. The zero-order chi connectivity index (χ0) is 18.1. The van der Waals surface area contributed by atoms with Gasteiger partial charge in [0.1, 0.15) is 17.2 Å². The molecule has 1 atom stereocenters. The van der Waals surface area contributed by atoms with Crippen molar-refractivity contribution in [2.24, 2.45) is 0 Å². The minimum atomic E-state index is -1.05. The van der Waals surface area contributed by atoms with Crippen LogP contribution in [0.3, 0.4) is 0 Å². The SMILES string of the molecule is COc1ccc(N2C[C@](O)(c3ccc(OC)cc3)[N+]3=C2SCCC3)cc1. The van der Waals surface area contributed by atoms with Crippen molar-refractivity contribution in [1.29, 1.82) is 0 Å². The van der Waals surface area contributed by atoms with Crippen LogP contribution in [0.2, 0.25) is 0 Å². The molecular formula is C20H23N2O3S+. The second kappa shape index (κ2) is 6.85. The molecule has 0 saturated carbocycles. The Morgan fingerprint density at radius 1 is 1.00 bits per heavy atom. The highest BCUT2D eigenvalue weighted by Gasteiger charge is 2.53. The number of amidine groups is 1. The lowest BCUT2D eigenvalue weighted by Gasteiger charge is -2.24. The summed E-state index contributed by atoms with van der Waals surface area (Å²) in [5.74, 6) is 2.69. The number of benzene rings is 2. The van der Waals surface area contributed by atoms with Crippen molar-refractivity contribution in [3.63, 3.8) is 0 Å². The van der Waals surface area contributed by atoms with Crippen LogP contribution in [0.1, 0.15) is 12.0 Å². The number of rotatable bonds is 4. The number of β-amino-alcohol motifs (C(OH)–C–C–N with tert-alkyl or cyclic N) is 1. The zero-order valence-corrected chi connectivity index (χ0v) is 15.8. The van der Waals surface area contributed by atoms with Gasteiger partial charge >= 0.3 is 5.17 Å². The third-order valence-corrected chi connectivity index (χ3v) is 6.17. The molecule has 2 aromatic rings. The van der Waals surface area contributed by atoms with Crippen molar-refractivity contribution >= 4 is 22.6 Å². The summed E-state index contributed by atoms with van der Waals surface area (Å²) < 4.78 is 12.7. The van der Waals surface area contributed by atoms with Crippen LogP contribution in [-0.2, 0) is 5.72 Å². The monoisotopic (exact) mass is 371 g/mol. The Labute approximate surface area is 157 Å². The average molecular weight is 371 g/mol. The Morgan fingerprint density at radius 2 is 1.62 bits per heavy atom. The van der Waals surface area contributed by atoms with Gasteiger partial charge in [0.2, 0.25) is 0 Å². The molecule has 0 unspecified atom stereocenters. The molecule has 0 amide bonds. The molecular weight excluding hydrogens is 348 g/mol. The van der Waals surface area contributed by atoms with Crippen LogP contribution >= 0.6 is 11.8 Å². The second-order valence-corrected chi connectivity index (χ2v) is 7.53. The second-order valence-electron chi connectivity index (χ2n) is 6.47. The number of thioether (sulfide) groups is 1. The van der Waals surface area contributed by atoms with Crippen LogP contribution in [0.4, 0.5) is 5.69 Å². The first kappa shape index (κ1) is 17.2. The van der Waals surface area contributed by atoms with Gasteiger partial charge in [-0.15, -0.1) is 0 Å². The standard InChI is InChI=1S/C20H23N2O3S/c1-24-17-8-4-15(5-9-17)20(23)14-21(19-22(20)12-3-13-26-19)16-6-10-18(25-2)11-7-16/h4-11,23H,3,12-14H2,1-2H3/q+1/t20-/m0/s1. The van der Waals surface area contributed by atoms with Crippen LogP contribution in [0.15, 0.2) is 48.5 Å². The van der Waals surface area contributed by atoms with Gasteiger partial charge in [-0.1, -0.05) is 0 Å². The Bertz CT molecular complexity index is 820. The zero-order valence-electron chi connectivity index (χ0n) is 15.0. The average Bonchev–Trinajstić information content (AvgIpc) is 3.02. The first-order chi connectivity index (χ1) is 12.7. The highest BCUT2D eigenvalue weighted by atomic mass is 32.2. The molecule has 0 aliphatic carbocycles. The van der Waals surface area contributed by atoms with Crippen molar-refractivity contribution in [2.75, 3.05) is 38.0 Å². The summed E-state index contributed by atoms with van der Waals surface area (Å²) in [6.45, 7) is 1.34. The Kier molecular flexibility index (Phi) is 4.54. The van der Waals surface area contributed by atoms with E-state index in [1.54, 1.807) is 26.0 Å². The van der Waals surface area contributed by atoms with Crippen LogP contribution < -0.4 is 14.4 Å². The maximum absolute atomic E-state index is 11.6. The third-order valence-electron chi connectivity index (χ3n) is 4.98. The van der Waals surface area contributed by atoms with Crippen LogP contribution in [0.25, 0.3) is 0 Å². The van der Waals surface area contributed by atoms with Crippen molar-refractivity contribution in [3.05, 3.63) is 54.1 Å². The lowest BCUT2D eigenvalue weighted by atomic mass is 10.0. The smallest absolute Gasteiger partial charge is 0.316 e. The number of hydrogen-bond donors (Lipinski definition) is 1. The fourth-order valence-electron chi connectivity index (χ4n) is 3.57. The van der Waals surface area contributed by atoms with Crippen molar-refractivity contribution in [2.45, 2.75) is 12.1 Å². The fraction of sp³-hybridized carbons (Fsp3) is 0.350. The number of methoxy groups -OCH3 is 2. The van der Waals surface area contributed by atoms with E-state index in [2.05, 4.69) is 9.48 Å². The lowest BCUT2D eigenvalue weighted by molar-refractivity contribution is -0.656. The molecule has 6 heteroatoms. The van der Waals surface area contributed by atoms with E-state index in [1.807, 2.05) is 48.5 Å². The molecule has 2 aliphatic rings. The Hall–Kier alpha value is -2.18. The van der Waals surface area contributed by atoms with Gasteiger partial charge < -0.3 is 14.6 Å². The number of anilines is 1. The molecule has 0 spiro atoms. The van der Waals surface area contributed by atoms with Gasteiger partial charge in [-0.05, 0) is 66.7 Å². The predicted molar refractivity (Wildman–Crippen MR) is 104 cm³/mol. The van der Waals surface area contributed by atoms with Crippen LogP contribution in [-0.4, -0.2) is 47.9 Å². The van der Waals surface area contributed by atoms with E-state index in [9.17, 15) is 5.11 Å². The van der Waals surface area contributed by atoms with Crippen molar-refractivity contribution in [1.82, 2.24) is 0 Å². The van der Waals surface area contributed by atoms with E-state index < -0.39 is 5.72 Å². The molecule has 2 heterocycles. The minimum Gasteiger partial charge on any atom is -0.497 e. The highest BCUT2D eigenvalue weighted by Crippen LogP contribution is 2.38. The highest BCUT2D eigenvalue weighted by molar-refractivity contribution is 8.13. The van der Waals surface area contributed by atoms with Crippen LogP contribution in [0.5, 0.6) is 11.5 Å². The van der Waals surface area contributed by atoms with Gasteiger partial charge in [0, 0.05) is 11.3 Å². The molecule has 0 bridgehead atoms. The summed E-state index contributed by atoms with van der Waals surface area (Å²) in [5.41, 5.74) is 0.897. The van der Waals surface area contributed by atoms with Crippen molar-refractivity contribution < 1.29 is 19.2 Å². The maximum Gasteiger partial charge on any atom is 0.316 e. The minimum absolute atomic E-state index is 0.494. The first-order valence-electron chi connectivity index (χ1n) is 8.71. The molecule has 5 nitrogen and oxygen atoms in total. The number of hydrogen-bond acceptors (Lipinski definition) is 5. The number of ether oxygens (including phenoxy) is 2. The van der Waals surface area contributed by atoms with E-state index in [1.165, 1.54) is 0 Å². The van der Waals surface area contributed by atoms with Gasteiger partial charge in [0.25, 0.3) is 5.72 Å². The molecule has 0 aromatic heterocycles. The fourth-order valence-corrected chi connectivity index (χ4v) is 4.75. The summed E-state index contributed by atoms with van der Waals surface area (Å²) in [6, 6.07) is 15.7. The summed E-state index contributed by atoms with van der Waals surface area (Å²) in [4.78, 5) is 2.20. The van der Waals surface area contributed by atoms with E-state index in [0.29, 0.717) is 6.54 Å². The van der Waals surface area contributed by atoms with Gasteiger partial charge in [-0.25, -0.2) is 9.48 Å². The molecule has 0 radical (unpaired) electrons. The Morgan fingerprint density at radius 3 is 2.23 bits per heavy atom. The largest absolute Gasteiger partial charge is 0.497 e. The summed E-state index contributed by atoms with van der Waals surface area (Å²) in [7, 11) is 3.32. The molecule has 2 aromatic carbocycles. The lowest BCUT2D eigenvalue weighted by Crippen LogP contribution is -2.41. The molecule has 26 heavy (non-hydrogen) atoms. The quantitative estimate of drug-likeness (QED) is 0.838. The van der Waals surface area contributed by atoms with E-state index >= 15 is 0 Å². The van der Waals surface area contributed by atoms with E-state index in [-0.39, 0.29) is 0 Å². The van der Waals surface area contributed by atoms with Gasteiger partial charge in [0.15, 0.2) is 6.54 Å². The summed E-state index contributed by atoms with van der Waals surface area (Å²) in [6.07, 6.45) is 1.06. The van der Waals surface area contributed by atoms with Crippen LogP contribution in [0, 0.1) is 0 Å². The summed E-state index contributed by atoms with van der Waals surface area (Å²) in [5, 5.41) is 12.7. The molecule has 0 saturated heterocycles. The topological polar surface area (TPSA) is 44.9 Å². The maximum atomic E-state index is 11.6. The van der Waals surface area contributed by atoms with E-state index in [4.69, 9.17) is 9.47 Å². The van der Waals surface area contributed by atoms with Gasteiger partial charge in [-0.3, -0.25) is 0 Å². The molecule has 4 rings (SSSR count). The van der Waals surface area contributed by atoms with Crippen molar-refractivity contribution in [3.8, 4) is 11.5 Å². The van der Waals surface area contributed by atoms with E-state index in [0.717, 1.165) is 46.6 Å². The third kappa shape index (κ3) is 2.83. The summed E-state index contributed by atoms with van der Waals surface area (Å²) >= 11 is 1.80. The van der Waals surface area contributed by atoms with Gasteiger partial charge in [0.05, 0.1) is 20.8 Å². The normalized spacial score (nSPS) is 22.3. The predicted octanol–water partition coefficient (Wildman–Crippen LogP) is 2.87. The molecule has 136 valence electrons. The molecule has 2 aliphatic heterocycles.